The van der Waals surface area contributed by atoms with Gasteiger partial charge in [0, 0.05) is 108 Å². The minimum Gasteiger partial charge on any atom is -0.147 e. The van der Waals surface area contributed by atoms with Crippen LogP contribution in [0.2, 0.25) is 0 Å². The summed E-state index contributed by atoms with van der Waals surface area (Å²) in [5.74, 6) is 0. The predicted octanol–water partition coefficient (Wildman–Crippen LogP) is 0.841. The van der Waals surface area contributed by atoms with Gasteiger partial charge >= 0.3 is 0 Å². The second kappa shape index (κ2) is 24.1. The van der Waals surface area contributed by atoms with E-state index in [-0.39, 0.29) is 133 Å². The van der Waals surface area contributed by atoms with Crippen LogP contribution in [0, 0.1) is 75.0 Å². The molecule has 0 saturated heterocycles. The fraction of sp³-hybridized carbons (Fsp3) is 0. The molecule has 0 aromatic heterocycles. The van der Waals surface area contributed by atoms with Crippen LogP contribution < -0.4 is 0 Å². The molecule has 0 amide bonds. The molecule has 0 aliphatic heterocycles. The maximum absolute atomic E-state index is 0. The standard InChI is InChI=1S/2ClH.Er.Ho.Y/h2*1H;;;. The van der Waals surface area contributed by atoms with Crippen LogP contribution in [0.4, 0.5) is 0 Å². The van der Waals surface area contributed by atoms with Crippen LogP contribution in [0.15, 0.2) is 0 Å². The Kier molecular flexibility index (Phi) is 169. The molecule has 0 fully saturated rings. The molecule has 5 heavy (non-hydrogen) atoms. The van der Waals surface area contributed by atoms with Crippen LogP contribution in [0.3, 0.4) is 0 Å². The van der Waals surface area contributed by atoms with Gasteiger partial charge in [-0.15, -0.1) is 24.8 Å². The van der Waals surface area contributed by atoms with Crippen LogP contribution in [-0.2, 0) is 32.7 Å². The second-order valence-electron chi connectivity index (χ2n) is 0. The van der Waals surface area contributed by atoms with Gasteiger partial charge in [0.05, 0.1) is 0 Å². The summed E-state index contributed by atoms with van der Waals surface area (Å²) >= 11 is 0. The van der Waals surface area contributed by atoms with Gasteiger partial charge in [0.25, 0.3) is 0 Å². The molecule has 0 nitrogen and oxygen atoms in total. The summed E-state index contributed by atoms with van der Waals surface area (Å²) in [7, 11) is 0. The van der Waals surface area contributed by atoms with E-state index in [1.165, 1.54) is 0 Å². The van der Waals surface area contributed by atoms with Crippen LogP contribution in [0.25, 0.3) is 0 Å². The molecule has 0 aliphatic rings. The Bertz CT molecular complexity index is 9.61. The van der Waals surface area contributed by atoms with Crippen LogP contribution in [0.1, 0.15) is 0 Å². The van der Waals surface area contributed by atoms with Crippen molar-refractivity contribution in [2.45, 2.75) is 0 Å². The minimum absolute atomic E-state index is 0. The Morgan fingerprint density at radius 1 is 0.800 bits per heavy atom. The molecule has 0 aromatic rings. The molecule has 5 heteroatoms. The SMILES string of the molecule is Cl.Cl.[Er].[Ho].[Y]. The maximum Gasteiger partial charge on any atom is 0 e. The summed E-state index contributed by atoms with van der Waals surface area (Å²) in [4.78, 5) is 0. The minimum atomic E-state index is 0. The van der Waals surface area contributed by atoms with Gasteiger partial charge in [-0.2, -0.15) is 0 Å². The number of hydrogen-bond donors (Lipinski definition) is 0. The zero-order chi connectivity index (χ0) is 0. The van der Waals surface area contributed by atoms with E-state index in [1.807, 2.05) is 0 Å². The molecule has 0 atom stereocenters. The fourth-order valence-corrected chi connectivity index (χ4v) is 0. The van der Waals surface area contributed by atoms with Crippen molar-refractivity contribution < 1.29 is 108 Å². The molecule has 2 radical (unpaired) electrons. The van der Waals surface area contributed by atoms with Gasteiger partial charge in [-0.05, 0) is 0 Å². The predicted molar refractivity (Wildman–Crippen MR) is 14.5 cm³/mol. The smallest absolute Gasteiger partial charge is 0 e. The third-order valence-electron chi connectivity index (χ3n) is 0. The van der Waals surface area contributed by atoms with E-state index >= 15 is 0 Å². The average Bonchev–Trinajstić information content (AvgIpc) is 0. The van der Waals surface area contributed by atoms with Gasteiger partial charge in [-0.25, -0.2) is 0 Å². The Morgan fingerprint density at radius 3 is 0.800 bits per heavy atom. The topological polar surface area (TPSA) is 0 Å². The van der Waals surface area contributed by atoms with Crippen molar-refractivity contribution in [2.75, 3.05) is 0 Å². The first-order valence-electron chi connectivity index (χ1n) is 0. The van der Waals surface area contributed by atoms with Crippen molar-refractivity contribution in [3.63, 3.8) is 0 Å². The van der Waals surface area contributed by atoms with Gasteiger partial charge in [0.15, 0.2) is 0 Å². The van der Waals surface area contributed by atoms with Crippen molar-refractivity contribution >= 4 is 24.8 Å². The summed E-state index contributed by atoms with van der Waals surface area (Å²) in [6.45, 7) is 0. The van der Waals surface area contributed by atoms with Crippen molar-refractivity contribution in [1.82, 2.24) is 0 Å². The number of halogens is 2. The zero-order valence-electron chi connectivity index (χ0n) is 1.98. The number of hydrogen-bond acceptors (Lipinski definition) is 0. The zero-order valence-corrected chi connectivity index (χ0v) is 10.2. The molecule has 0 spiro atoms. The van der Waals surface area contributed by atoms with E-state index in [9.17, 15) is 0 Å². The maximum atomic E-state index is 0. The van der Waals surface area contributed by atoms with Gasteiger partial charge < -0.3 is 0 Å². The molecule has 0 rings (SSSR count). The Labute approximate surface area is 129 Å². The van der Waals surface area contributed by atoms with E-state index in [0.29, 0.717) is 0 Å². The average molecular weight is 494 g/mol. The number of rotatable bonds is 0. The largest absolute Gasteiger partial charge is 0.147 e. The molecular formula is H2Cl2ErHoY. The van der Waals surface area contributed by atoms with Gasteiger partial charge in [-0.1, -0.05) is 0 Å². The molecule has 0 saturated carbocycles. The van der Waals surface area contributed by atoms with E-state index < -0.39 is 0 Å². The molecule has 0 aromatic carbocycles. The normalized spacial score (nSPS) is 0. The summed E-state index contributed by atoms with van der Waals surface area (Å²) in [6, 6.07) is 0. The van der Waals surface area contributed by atoms with Gasteiger partial charge in [0.1, 0.15) is 0 Å². The van der Waals surface area contributed by atoms with E-state index in [2.05, 4.69) is 0 Å². The molecular weight excluding hydrogens is 492 g/mol. The molecule has 0 bridgehead atoms. The van der Waals surface area contributed by atoms with Gasteiger partial charge in [0.2, 0.25) is 0 Å². The fourth-order valence-electron chi connectivity index (χ4n) is 0. The Morgan fingerprint density at radius 2 is 0.800 bits per heavy atom. The third kappa shape index (κ3) is 17.9. The molecule has 0 heterocycles. The van der Waals surface area contributed by atoms with Crippen molar-refractivity contribution in [2.24, 2.45) is 0 Å². The molecule has 0 aliphatic carbocycles. The molecule has 42 valence electrons. The first-order chi connectivity index (χ1) is 0. The first-order valence-corrected chi connectivity index (χ1v) is 0. The van der Waals surface area contributed by atoms with E-state index in [1.54, 1.807) is 0 Å². The van der Waals surface area contributed by atoms with E-state index in [0.717, 1.165) is 0 Å². The first kappa shape index (κ1) is 35.1. The van der Waals surface area contributed by atoms with E-state index in [4.69, 9.17) is 0 Å². The van der Waals surface area contributed by atoms with Crippen LogP contribution >= 0.6 is 24.8 Å². The Balaban J connectivity index is 0. The van der Waals surface area contributed by atoms with Crippen LogP contribution in [0.5, 0.6) is 0 Å². The molecule has 0 unspecified atom stereocenters. The summed E-state index contributed by atoms with van der Waals surface area (Å²) < 4.78 is 0. The second-order valence-corrected chi connectivity index (χ2v) is 0. The summed E-state index contributed by atoms with van der Waals surface area (Å²) in [6.07, 6.45) is 0. The summed E-state index contributed by atoms with van der Waals surface area (Å²) in [5.41, 5.74) is 0. The van der Waals surface area contributed by atoms with Crippen molar-refractivity contribution in [3.05, 3.63) is 0 Å². The monoisotopic (exact) mass is 492 g/mol. The summed E-state index contributed by atoms with van der Waals surface area (Å²) in [5, 5.41) is 0. The van der Waals surface area contributed by atoms with Gasteiger partial charge in [-0.3, -0.25) is 0 Å². The van der Waals surface area contributed by atoms with Crippen molar-refractivity contribution in [1.29, 1.82) is 0 Å². The molecule has 0 N–H and O–H groups in total. The Hall–Kier alpha value is 4.19. The van der Waals surface area contributed by atoms with Crippen molar-refractivity contribution in [3.8, 4) is 0 Å². The third-order valence-corrected chi connectivity index (χ3v) is 0. The quantitative estimate of drug-likeness (QED) is 0.439. The van der Waals surface area contributed by atoms with Crippen LogP contribution in [-0.4, -0.2) is 0 Å².